The highest BCUT2D eigenvalue weighted by atomic mass is 79.9. The molecule has 0 spiro atoms. The van der Waals surface area contributed by atoms with Gasteiger partial charge in [-0.15, -0.1) is 0 Å². The predicted molar refractivity (Wildman–Crippen MR) is 62.2 cm³/mol. The highest BCUT2D eigenvalue weighted by molar-refractivity contribution is 9.10. The van der Waals surface area contributed by atoms with Gasteiger partial charge in [0.05, 0.1) is 15.9 Å². The van der Waals surface area contributed by atoms with E-state index in [9.17, 15) is 0 Å². The lowest BCUT2D eigenvalue weighted by atomic mass is 10.0. The van der Waals surface area contributed by atoms with Crippen molar-refractivity contribution in [2.45, 2.75) is 26.7 Å². The van der Waals surface area contributed by atoms with Crippen LogP contribution in [0.25, 0.3) is 0 Å². The average molecular weight is 260 g/mol. The van der Waals surface area contributed by atoms with Gasteiger partial charge in [0.1, 0.15) is 0 Å². The van der Waals surface area contributed by atoms with E-state index in [4.69, 9.17) is 5.73 Å². The minimum absolute atomic E-state index is 0.581. The van der Waals surface area contributed by atoms with Crippen molar-refractivity contribution in [2.75, 3.05) is 6.54 Å². The summed E-state index contributed by atoms with van der Waals surface area (Å²) in [6, 6.07) is 0. The normalized spacial score (nSPS) is 13.2. The zero-order valence-corrected chi connectivity index (χ0v) is 10.6. The summed E-state index contributed by atoms with van der Waals surface area (Å²) in [6.07, 6.45) is 2.16. The average Bonchev–Trinajstić information content (AvgIpc) is 2.39. The number of nitrogens with two attached hydrogens (primary N) is 1. The topological polar surface area (TPSA) is 43.8 Å². The quantitative estimate of drug-likeness (QED) is 0.900. The van der Waals surface area contributed by atoms with Crippen LogP contribution in [0.15, 0.2) is 4.47 Å². The Hall–Kier alpha value is -0.350. The first-order valence-corrected chi connectivity index (χ1v) is 5.73. The van der Waals surface area contributed by atoms with Crippen LogP contribution in [-0.4, -0.2) is 16.3 Å². The van der Waals surface area contributed by atoms with Crippen LogP contribution in [0, 0.1) is 12.8 Å². The van der Waals surface area contributed by atoms with Crippen molar-refractivity contribution >= 4 is 15.9 Å². The number of hydrogen-bond acceptors (Lipinski definition) is 2. The van der Waals surface area contributed by atoms with Crippen LogP contribution in [0.5, 0.6) is 0 Å². The highest BCUT2D eigenvalue weighted by Gasteiger charge is 2.11. The Morgan fingerprint density at radius 2 is 2.21 bits per heavy atom. The van der Waals surface area contributed by atoms with E-state index in [1.54, 1.807) is 0 Å². The molecule has 1 unspecified atom stereocenters. The van der Waals surface area contributed by atoms with E-state index >= 15 is 0 Å². The number of aryl methyl sites for hydroxylation is 2. The summed E-state index contributed by atoms with van der Waals surface area (Å²) in [7, 11) is 1.99. The molecule has 0 fully saturated rings. The van der Waals surface area contributed by atoms with Crippen molar-refractivity contribution < 1.29 is 0 Å². The van der Waals surface area contributed by atoms with Gasteiger partial charge in [0.25, 0.3) is 0 Å². The molecule has 0 aliphatic heterocycles. The fraction of sp³-hybridized carbons (Fsp3) is 0.700. The number of rotatable bonds is 4. The van der Waals surface area contributed by atoms with Crippen LogP contribution in [-0.2, 0) is 13.5 Å². The largest absolute Gasteiger partial charge is 0.330 e. The molecule has 0 bridgehead atoms. The van der Waals surface area contributed by atoms with Crippen LogP contribution in [0.3, 0.4) is 0 Å². The van der Waals surface area contributed by atoms with Gasteiger partial charge in [0.15, 0.2) is 0 Å². The molecular formula is C10H18BrN3. The molecule has 14 heavy (non-hydrogen) atoms. The summed E-state index contributed by atoms with van der Waals surface area (Å²) < 4.78 is 3.09. The first-order chi connectivity index (χ1) is 6.56. The van der Waals surface area contributed by atoms with E-state index in [2.05, 4.69) is 28.0 Å². The second-order valence-corrected chi connectivity index (χ2v) is 4.64. The molecule has 1 rings (SSSR count). The summed E-state index contributed by atoms with van der Waals surface area (Å²) in [5.41, 5.74) is 7.91. The van der Waals surface area contributed by atoms with Gasteiger partial charge in [-0.2, -0.15) is 5.10 Å². The van der Waals surface area contributed by atoms with Crippen molar-refractivity contribution in [1.29, 1.82) is 0 Å². The summed E-state index contributed by atoms with van der Waals surface area (Å²) in [6.45, 7) is 4.95. The summed E-state index contributed by atoms with van der Waals surface area (Å²) >= 11 is 3.56. The Morgan fingerprint density at radius 3 is 2.64 bits per heavy atom. The molecule has 80 valence electrons. The smallest absolute Gasteiger partial charge is 0.0738 e. The van der Waals surface area contributed by atoms with Crippen molar-refractivity contribution in [3.63, 3.8) is 0 Å². The molecule has 3 nitrogen and oxygen atoms in total. The standard InChI is InChI=1S/C10H18BrN3/c1-7(6-12)4-5-9-10(11)8(2)13-14(9)3/h7H,4-6,12H2,1-3H3. The lowest BCUT2D eigenvalue weighted by Crippen LogP contribution is -2.12. The van der Waals surface area contributed by atoms with Gasteiger partial charge in [-0.25, -0.2) is 0 Å². The summed E-state index contributed by atoms with van der Waals surface area (Å²) in [4.78, 5) is 0. The maximum absolute atomic E-state index is 5.58. The molecule has 0 aliphatic carbocycles. The lowest BCUT2D eigenvalue weighted by molar-refractivity contribution is 0.529. The van der Waals surface area contributed by atoms with Crippen molar-refractivity contribution in [2.24, 2.45) is 18.7 Å². The molecule has 0 radical (unpaired) electrons. The van der Waals surface area contributed by atoms with Gasteiger partial charge in [-0.05, 0) is 48.2 Å². The molecule has 0 saturated carbocycles. The Kier molecular flexibility index (Phi) is 4.13. The Bertz CT molecular complexity index is 307. The first-order valence-electron chi connectivity index (χ1n) is 4.94. The van der Waals surface area contributed by atoms with E-state index in [1.165, 1.54) is 5.69 Å². The van der Waals surface area contributed by atoms with Gasteiger partial charge in [0.2, 0.25) is 0 Å². The third-order valence-electron chi connectivity index (χ3n) is 2.54. The highest BCUT2D eigenvalue weighted by Crippen LogP contribution is 2.22. The van der Waals surface area contributed by atoms with E-state index < -0.39 is 0 Å². The number of halogens is 1. The Labute approximate surface area is 93.8 Å². The molecule has 1 heterocycles. The fourth-order valence-electron chi connectivity index (χ4n) is 1.45. The third kappa shape index (κ3) is 2.58. The van der Waals surface area contributed by atoms with Crippen LogP contribution in [0.2, 0.25) is 0 Å². The molecule has 0 saturated heterocycles. The molecule has 1 atom stereocenters. The van der Waals surface area contributed by atoms with Gasteiger partial charge in [-0.1, -0.05) is 6.92 Å². The van der Waals surface area contributed by atoms with Crippen molar-refractivity contribution in [1.82, 2.24) is 9.78 Å². The van der Waals surface area contributed by atoms with Crippen molar-refractivity contribution in [3.8, 4) is 0 Å². The molecule has 4 heteroatoms. The van der Waals surface area contributed by atoms with Gasteiger partial charge in [0, 0.05) is 7.05 Å². The van der Waals surface area contributed by atoms with E-state index in [0.717, 1.165) is 29.6 Å². The monoisotopic (exact) mass is 259 g/mol. The van der Waals surface area contributed by atoms with E-state index in [-0.39, 0.29) is 0 Å². The zero-order chi connectivity index (χ0) is 10.7. The summed E-state index contributed by atoms with van der Waals surface area (Å²) in [5.74, 6) is 0.581. The molecule has 2 N–H and O–H groups in total. The second-order valence-electron chi connectivity index (χ2n) is 3.85. The molecule has 1 aromatic heterocycles. The molecule has 0 aliphatic rings. The molecule has 1 aromatic rings. The van der Waals surface area contributed by atoms with Crippen LogP contribution < -0.4 is 5.73 Å². The van der Waals surface area contributed by atoms with Gasteiger partial charge >= 0.3 is 0 Å². The van der Waals surface area contributed by atoms with Gasteiger partial charge in [-0.3, -0.25) is 4.68 Å². The van der Waals surface area contributed by atoms with E-state index in [1.807, 2.05) is 18.7 Å². The number of hydrogen-bond donors (Lipinski definition) is 1. The van der Waals surface area contributed by atoms with Crippen LogP contribution in [0.4, 0.5) is 0 Å². The molecular weight excluding hydrogens is 242 g/mol. The zero-order valence-electron chi connectivity index (χ0n) is 9.05. The number of aromatic nitrogens is 2. The molecule has 0 amide bonds. The Balaban J connectivity index is 2.67. The van der Waals surface area contributed by atoms with Gasteiger partial charge < -0.3 is 5.73 Å². The molecule has 0 aromatic carbocycles. The van der Waals surface area contributed by atoms with Crippen LogP contribution in [0.1, 0.15) is 24.7 Å². The van der Waals surface area contributed by atoms with E-state index in [0.29, 0.717) is 5.92 Å². The lowest BCUT2D eigenvalue weighted by Gasteiger charge is -2.08. The number of nitrogens with zero attached hydrogens (tertiary/aromatic N) is 2. The second kappa shape index (κ2) is 4.94. The Morgan fingerprint density at radius 1 is 1.57 bits per heavy atom. The first kappa shape index (κ1) is 11.7. The van der Waals surface area contributed by atoms with Crippen LogP contribution >= 0.6 is 15.9 Å². The summed E-state index contributed by atoms with van der Waals surface area (Å²) in [5, 5.41) is 4.35. The minimum atomic E-state index is 0.581. The maximum Gasteiger partial charge on any atom is 0.0738 e. The SMILES string of the molecule is Cc1nn(C)c(CCC(C)CN)c1Br. The fourth-order valence-corrected chi connectivity index (χ4v) is 1.99. The predicted octanol–water partition coefficient (Wildman–Crippen LogP) is 2.02. The minimum Gasteiger partial charge on any atom is -0.330 e. The third-order valence-corrected chi connectivity index (χ3v) is 3.57. The van der Waals surface area contributed by atoms with Crippen molar-refractivity contribution in [3.05, 3.63) is 15.9 Å². The maximum atomic E-state index is 5.58.